The molecular weight excluding hydrogens is 322 g/mol. The fourth-order valence-corrected chi connectivity index (χ4v) is 6.55. The third-order valence-electron chi connectivity index (χ3n) is 4.35. The topological polar surface area (TPSA) is 58.6 Å². The summed E-state index contributed by atoms with van der Waals surface area (Å²) in [5.74, 6) is 0. The van der Waals surface area contributed by atoms with Crippen LogP contribution in [0.15, 0.2) is 0 Å². The Labute approximate surface area is 137 Å². The Hall–Kier alpha value is 0.154. The molecule has 22 heavy (non-hydrogen) atoms. The summed E-state index contributed by atoms with van der Waals surface area (Å²) < 4.78 is 32.7. The van der Waals surface area contributed by atoms with E-state index in [0.29, 0.717) is 0 Å². The molecular formula is C13H35NO6Si2-2. The molecule has 0 aliphatic carbocycles. The van der Waals surface area contributed by atoms with E-state index in [0.717, 1.165) is 38.0 Å². The van der Waals surface area contributed by atoms with Gasteiger partial charge in [0.2, 0.25) is 0 Å². The minimum absolute atomic E-state index is 0.843. The van der Waals surface area contributed by atoms with Crippen LogP contribution in [0.4, 0.5) is 0 Å². The van der Waals surface area contributed by atoms with E-state index in [4.69, 9.17) is 26.6 Å². The van der Waals surface area contributed by atoms with Crippen molar-refractivity contribution in [1.29, 1.82) is 0 Å². The van der Waals surface area contributed by atoms with Crippen LogP contribution in [0.25, 0.3) is 0 Å². The molecule has 0 atom stereocenters. The molecule has 0 aromatic heterocycles. The predicted molar refractivity (Wildman–Crippen MR) is 92.7 cm³/mol. The molecule has 0 fully saturated rings. The van der Waals surface area contributed by atoms with Gasteiger partial charge in [-0.1, -0.05) is 0 Å². The molecule has 0 saturated carbocycles. The first-order valence-corrected chi connectivity index (χ1v) is 12.2. The van der Waals surface area contributed by atoms with Gasteiger partial charge < -0.3 is 0 Å². The first-order chi connectivity index (χ1) is 10.5. The van der Waals surface area contributed by atoms with E-state index in [9.17, 15) is 0 Å². The van der Waals surface area contributed by atoms with Crippen LogP contribution >= 0.6 is 0 Å². The Kier molecular flexibility index (Phi) is 11.7. The molecule has 0 radical (unpaired) electrons. The summed E-state index contributed by atoms with van der Waals surface area (Å²) >= 11 is 0. The minimum atomic E-state index is -2.74. The van der Waals surface area contributed by atoms with Gasteiger partial charge in [-0.3, -0.25) is 0 Å². The van der Waals surface area contributed by atoms with Crippen molar-refractivity contribution >= 4 is 17.6 Å². The van der Waals surface area contributed by atoms with Gasteiger partial charge in [-0.25, -0.2) is 0 Å². The van der Waals surface area contributed by atoms with Crippen LogP contribution in [-0.4, -0.2) is 85.3 Å². The van der Waals surface area contributed by atoms with E-state index in [1.807, 2.05) is 0 Å². The summed E-state index contributed by atoms with van der Waals surface area (Å²) in [6.45, 7) is 1.95. The van der Waals surface area contributed by atoms with E-state index in [1.54, 1.807) is 42.7 Å². The van der Waals surface area contributed by atoms with Crippen LogP contribution in [0.5, 0.6) is 0 Å². The van der Waals surface area contributed by atoms with Gasteiger partial charge in [0.25, 0.3) is 0 Å². The third-order valence-corrected chi connectivity index (χ3v) is 10.9. The maximum atomic E-state index is 5.45. The average Bonchev–Trinajstić information content (AvgIpc) is 2.56. The van der Waals surface area contributed by atoms with E-state index in [-0.39, 0.29) is 0 Å². The summed E-state index contributed by atoms with van der Waals surface area (Å²) in [6, 6.07) is 1.69. The van der Waals surface area contributed by atoms with Crippen LogP contribution in [0.3, 0.4) is 0 Å². The monoisotopic (exact) mass is 357 g/mol. The second kappa shape index (κ2) is 11.7. The van der Waals surface area contributed by atoms with Crippen molar-refractivity contribution < 1.29 is 26.6 Å². The summed E-state index contributed by atoms with van der Waals surface area (Å²) in [6.07, 6.45) is 1.97. The number of hydrogen-bond acceptors (Lipinski definition) is 7. The molecule has 0 bridgehead atoms. The van der Waals surface area contributed by atoms with Gasteiger partial charge in [0.05, 0.1) is 0 Å². The summed E-state index contributed by atoms with van der Waals surface area (Å²) in [4.78, 5) is 2.29. The SMILES string of the molecule is CO[SiH-](CCCN(C)CCC[SiH-](OC)(OC)OC)(OC)OC. The van der Waals surface area contributed by atoms with E-state index >= 15 is 0 Å². The fraction of sp³-hybridized carbons (Fsp3) is 1.00. The Morgan fingerprint density at radius 3 is 1.09 bits per heavy atom. The first-order valence-electron chi connectivity index (χ1n) is 7.76. The predicted octanol–water partition coefficient (Wildman–Crippen LogP) is 0.919. The molecule has 138 valence electrons. The molecule has 0 spiro atoms. The third kappa shape index (κ3) is 7.15. The van der Waals surface area contributed by atoms with Gasteiger partial charge in [0.1, 0.15) is 0 Å². The van der Waals surface area contributed by atoms with Crippen molar-refractivity contribution in [2.24, 2.45) is 0 Å². The molecule has 0 amide bonds. The van der Waals surface area contributed by atoms with Gasteiger partial charge in [-0.05, 0) is 0 Å². The maximum absolute atomic E-state index is 5.45. The van der Waals surface area contributed by atoms with E-state index in [1.165, 1.54) is 0 Å². The number of hydrogen-bond donors (Lipinski definition) is 0. The van der Waals surface area contributed by atoms with Crippen molar-refractivity contribution in [1.82, 2.24) is 4.90 Å². The van der Waals surface area contributed by atoms with Crippen LogP contribution in [-0.2, 0) is 26.6 Å². The molecule has 7 nitrogen and oxygen atoms in total. The zero-order valence-electron chi connectivity index (χ0n) is 15.3. The molecule has 0 aliphatic heterocycles. The van der Waals surface area contributed by atoms with Crippen molar-refractivity contribution in [3.8, 4) is 0 Å². The van der Waals surface area contributed by atoms with Gasteiger partial charge in [0, 0.05) is 0 Å². The number of rotatable bonds is 14. The summed E-state index contributed by atoms with van der Waals surface area (Å²) in [7, 11) is 6.58. The molecule has 0 N–H and O–H groups in total. The molecule has 0 rings (SSSR count). The fourth-order valence-electron chi connectivity index (χ4n) is 2.62. The van der Waals surface area contributed by atoms with Gasteiger partial charge >= 0.3 is 137 Å². The number of nitrogens with zero attached hydrogens (tertiary/aromatic N) is 1. The van der Waals surface area contributed by atoms with Crippen molar-refractivity contribution in [3.05, 3.63) is 0 Å². The normalized spacial score (nSPS) is 14.5. The zero-order valence-corrected chi connectivity index (χ0v) is 17.6. The van der Waals surface area contributed by atoms with Crippen LogP contribution in [0.2, 0.25) is 12.1 Å². The van der Waals surface area contributed by atoms with E-state index < -0.39 is 17.6 Å². The molecule has 0 aromatic rings. The van der Waals surface area contributed by atoms with Crippen molar-refractivity contribution in [2.75, 3.05) is 62.8 Å². The Morgan fingerprint density at radius 1 is 0.591 bits per heavy atom. The Morgan fingerprint density at radius 2 is 0.864 bits per heavy atom. The van der Waals surface area contributed by atoms with Gasteiger partial charge in [0.15, 0.2) is 0 Å². The molecule has 0 aliphatic rings. The molecule has 0 unspecified atom stereocenters. The Bertz CT molecular complexity index is 235. The van der Waals surface area contributed by atoms with Gasteiger partial charge in [-0.2, -0.15) is 0 Å². The van der Waals surface area contributed by atoms with Gasteiger partial charge in [-0.15, -0.1) is 0 Å². The van der Waals surface area contributed by atoms with Crippen LogP contribution in [0.1, 0.15) is 12.8 Å². The molecule has 0 heterocycles. The molecule has 0 saturated heterocycles. The quantitative estimate of drug-likeness (QED) is 0.428. The second-order valence-corrected chi connectivity index (χ2v) is 12.7. The second-order valence-electron chi connectivity index (χ2n) is 5.58. The first kappa shape index (κ1) is 22.2. The molecule has 9 heteroatoms. The molecule has 0 aromatic carbocycles. The summed E-state index contributed by atoms with van der Waals surface area (Å²) in [5.41, 5.74) is 0. The zero-order chi connectivity index (χ0) is 17.1. The van der Waals surface area contributed by atoms with Crippen molar-refractivity contribution in [3.63, 3.8) is 0 Å². The van der Waals surface area contributed by atoms with Crippen LogP contribution < -0.4 is 0 Å². The Balaban J connectivity index is 4.03. The van der Waals surface area contributed by atoms with Crippen LogP contribution in [0, 0.1) is 0 Å². The van der Waals surface area contributed by atoms with Crippen molar-refractivity contribution in [2.45, 2.75) is 24.9 Å². The average molecular weight is 358 g/mol. The summed E-state index contributed by atoms with van der Waals surface area (Å²) in [5, 5.41) is 0. The van der Waals surface area contributed by atoms with E-state index in [2.05, 4.69) is 11.9 Å². The standard InChI is InChI=1S/C13H35NO6Si2/c1-14(10-8-12-21(15-2,16-3)17-4)11-9-13-22(18-5,19-6)20-7/h21-22H,8-13H2,1-7H3/q-2.